The average molecular weight is 580 g/mol. The van der Waals surface area contributed by atoms with E-state index in [1.807, 2.05) is 25.7 Å². The molecule has 3 aromatic rings. The van der Waals surface area contributed by atoms with Crippen LogP contribution < -0.4 is 21.6 Å². The molecule has 2 atom stereocenters. The van der Waals surface area contributed by atoms with Crippen molar-refractivity contribution in [3.63, 3.8) is 0 Å². The van der Waals surface area contributed by atoms with Crippen LogP contribution >= 0.6 is 23.2 Å². The van der Waals surface area contributed by atoms with Crippen LogP contribution in [0.1, 0.15) is 36.7 Å². The number of hydrogen-bond acceptors (Lipinski definition) is 7. The highest BCUT2D eigenvalue weighted by Gasteiger charge is 2.37. The number of pyridine rings is 2. The Balaban J connectivity index is 1.90. The van der Waals surface area contributed by atoms with Gasteiger partial charge in [-0.1, -0.05) is 37.0 Å². The van der Waals surface area contributed by atoms with Crippen molar-refractivity contribution < 1.29 is 13.2 Å². The van der Waals surface area contributed by atoms with Gasteiger partial charge in [-0.05, 0) is 30.5 Å². The third-order valence-corrected chi connectivity index (χ3v) is 7.71. The summed E-state index contributed by atoms with van der Waals surface area (Å²) in [6, 6.07) is 1.29. The fraction of sp³-hybridized carbons (Fsp3) is 0.385. The van der Waals surface area contributed by atoms with E-state index in [4.69, 9.17) is 28.9 Å². The SMILES string of the molecule is Cc1ccnc(C(C)C)c1-n1c(=O)nc(N2CCNCC2)c2cc(F)c(C3=C(Cl)C(N)C(F)C(F)=C3Cl)nc21. The molecule has 206 valence electrons. The molecule has 39 heavy (non-hydrogen) atoms. The lowest BCUT2D eigenvalue weighted by atomic mass is 9.97. The summed E-state index contributed by atoms with van der Waals surface area (Å²) in [6.45, 7) is 8.01. The van der Waals surface area contributed by atoms with Crippen LogP contribution in [0.2, 0.25) is 0 Å². The monoisotopic (exact) mass is 579 g/mol. The number of halogens is 5. The minimum Gasteiger partial charge on any atom is -0.353 e. The molecule has 1 aliphatic carbocycles. The topological polar surface area (TPSA) is 102 Å². The molecule has 0 bridgehead atoms. The summed E-state index contributed by atoms with van der Waals surface area (Å²) in [5, 5.41) is 2.36. The number of alkyl halides is 1. The molecule has 1 saturated heterocycles. The molecule has 4 heterocycles. The number of piperazine rings is 1. The molecule has 1 aliphatic heterocycles. The largest absolute Gasteiger partial charge is 0.355 e. The first-order valence-corrected chi connectivity index (χ1v) is 13.2. The van der Waals surface area contributed by atoms with Gasteiger partial charge >= 0.3 is 5.69 Å². The number of allylic oxidation sites excluding steroid dienone is 2. The van der Waals surface area contributed by atoms with Crippen molar-refractivity contribution in [2.75, 3.05) is 31.1 Å². The van der Waals surface area contributed by atoms with Crippen LogP contribution in [0, 0.1) is 12.7 Å². The molecule has 5 rings (SSSR count). The normalized spacial score (nSPS) is 20.5. The third kappa shape index (κ3) is 4.61. The number of nitrogens with two attached hydrogens (primary N) is 1. The summed E-state index contributed by atoms with van der Waals surface area (Å²) < 4.78 is 46.1. The lowest BCUT2D eigenvalue weighted by Crippen LogP contribution is -2.45. The van der Waals surface area contributed by atoms with E-state index in [-0.39, 0.29) is 33.4 Å². The van der Waals surface area contributed by atoms with E-state index in [0.717, 1.165) is 6.07 Å². The smallest absolute Gasteiger partial charge is 0.353 e. The Morgan fingerprint density at radius 3 is 2.54 bits per heavy atom. The molecule has 0 radical (unpaired) electrons. The van der Waals surface area contributed by atoms with Gasteiger partial charge in [-0.3, -0.25) is 4.98 Å². The average Bonchev–Trinajstić information content (AvgIpc) is 2.92. The zero-order chi connectivity index (χ0) is 28.2. The fourth-order valence-corrected chi connectivity index (χ4v) is 5.54. The number of aryl methyl sites for hydroxylation is 1. The van der Waals surface area contributed by atoms with E-state index >= 15 is 4.39 Å². The zero-order valence-electron chi connectivity index (χ0n) is 21.4. The molecule has 0 spiro atoms. The molecule has 2 unspecified atom stereocenters. The summed E-state index contributed by atoms with van der Waals surface area (Å²) in [5.74, 6) is -2.11. The number of anilines is 1. The standard InChI is InChI=1S/C26H26Cl2F3N7O/c1-11(2)21-23(12(3)4-5-34-21)38-25-13(24(36-26(38)39)37-8-6-33-7-9-37)10-14(29)22(35-25)15-16(27)18(30)19(31)20(32)17(15)28/h4-5,10-11,19-20,33H,6-9,32H2,1-3H3. The van der Waals surface area contributed by atoms with E-state index < -0.39 is 40.3 Å². The van der Waals surface area contributed by atoms with Crippen LogP contribution in [0.4, 0.5) is 19.0 Å². The summed E-state index contributed by atoms with van der Waals surface area (Å²) in [7, 11) is 0. The minimum atomic E-state index is -2.29. The van der Waals surface area contributed by atoms with Crippen LogP contribution in [0.15, 0.2) is 39.0 Å². The van der Waals surface area contributed by atoms with Crippen molar-refractivity contribution in [3.8, 4) is 5.69 Å². The van der Waals surface area contributed by atoms with Crippen LogP contribution in [0.25, 0.3) is 22.3 Å². The molecule has 13 heteroatoms. The maximum absolute atomic E-state index is 15.8. The Morgan fingerprint density at radius 1 is 1.18 bits per heavy atom. The Bertz CT molecular complexity index is 1600. The van der Waals surface area contributed by atoms with Crippen molar-refractivity contribution in [2.45, 2.75) is 38.9 Å². The summed E-state index contributed by atoms with van der Waals surface area (Å²) in [5.41, 5.74) is 6.08. The first-order chi connectivity index (χ1) is 18.5. The number of aromatic nitrogens is 4. The van der Waals surface area contributed by atoms with Gasteiger partial charge in [-0.15, -0.1) is 0 Å². The Labute approximate surface area is 232 Å². The molecule has 3 aromatic heterocycles. The predicted molar refractivity (Wildman–Crippen MR) is 146 cm³/mol. The second-order valence-corrected chi connectivity index (χ2v) is 10.6. The van der Waals surface area contributed by atoms with Gasteiger partial charge in [-0.25, -0.2) is 27.5 Å². The lowest BCUT2D eigenvalue weighted by Gasteiger charge is -2.30. The zero-order valence-corrected chi connectivity index (χ0v) is 22.9. The van der Waals surface area contributed by atoms with Crippen LogP contribution in [-0.4, -0.2) is 57.9 Å². The summed E-state index contributed by atoms with van der Waals surface area (Å²) in [4.78, 5) is 28.9. The van der Waals surface area contributed by atoms with Gasteiger partial charge in [0.1, 0.15) is 17.3 Å². The van der Waals surface area contributed by atoms with Gasteiger partial charge < -0.3 is 16.0 Å². The molecule has 0 saturated carbocycles. The Kier molecular flexibility index (Phi) is 7.45. The van der Waals surface area contributed by atoms with E-state index in [1.54, 1.807) is 12.3 Å². The van der Waals surface area contributed by atoms with Crippen LogP contribution in [0.5, 0.6) is 0 Å². The molecule has 2 aliphatic rings. The van der Waals surface area contributed by atoms with Gasteiger partial charge in [0.15, 0.2) is 17.6 Å². The van der Waals surface area contributed by atoms with Crippen molar-refractivity contribution in [2.24, 2.45) is 5.73 Å². The first-order valence-electron chi connectivity index (χ1n) is 12.4. The highest BCUT2D eigenvalue weighted by atomic mass is 35.5. The minimum absolute atomic E-state index is 0.0377. The second kappa shape index (κ2) is 10.5. The third-order valence-electron chi connectivity index (χ3n) is 6.90. The summed E-state index contributed by atoms with van der Waals surface area (Å²) >= 11 is 12.4. The van der Waals surface area contributed by atoms with Crippen molar-refractivity contribution in [1.82, 2.24) is 24.8 Å². The maximum atomic E-state index is 15.8. The van der Waals surface area contributed by atoms with Gasteiger partial charge in [-0.2, -0.15) is 4.98 Å². The van der Waals surface area contributed by atoms with E-state index in [9.17, 15) is 13.6 Å². The maximum Gasteiger partial charge on any atom is 0.355 e. The summed E-state index contributed by atoms with van der Waals surface area (Å²) in [6.07, 6.45) is -0.650. The molecule has 0 amide bonds. The molecule has 8 nitrogen and oxygen atoms in total. The first kappa shape index (κ1) is 27.6. The van der Waals surface area contributed by atoms with Crippen molar-refractivity contribution in [1.29, 1.82) is 0 Å². The quantitative estimate of drug-likeness (QED) is 0.477. The molecule has 0 aromatic carbocycles. The molecular formula is C26H26Cl2F3N7O. The predicted octanol–water partition coefficient (Wildman–Crippen LogP) is 4.21. The van der Waals surface area contributed by atoms with Crippen molar-refractivity contribution in [3.05, 3.63) is 67.5 Å². The number of nitrogens with one attached hydrogen (secondary N) is 1. The van der Waals surface area contributed by atoms with Gasteiger partial charge in [0.2, 0.25) is 0 Å². The van der Waals surface area contributed by atoms with Crippen LogP contribution in [-0.2, 0) is 0 Å². The van der Waals surface area contributed by atoms with Gasteiger partial charge in [0, 0.05) is 43.0 Å². The number of fused-ring (bicyclic) bond motifs is 1. The highest BCUT2D eigenvalue weighted by Crippen LogP contribution is 2.43. The number of hydrogen-bond donors (Lipinski definition) is 2. The second-order valence-electron chi connectivity index (χ2n) is 9.81. The molecule has 3 N–H and O–H groups in total. The number of nitrogens with zero attached hydrogens (tertiary/aromatic N) is 5. The molecule has 1 fully saturated rings. The fourth-order valence-electron chi connectivity index (χ4n) is 4.90. The van der Waals surface area contributed by atoms with E-state index in [2.05, 4.69) is 20.3 Å². The van der Waals surface area contributed by atoms with Crippen molar-refractivity contribution >= 4 is 45.6 Å². The van der Waals surface area contributed by atoms with E-state index in [0.29, 0.717) is 43.1 Å². The number of rotatable bonds is 4. The molecular weight excluding hydrogens is 554 g/mol. The van der Waals surface area contributed by atoms with Crippen LogP contribution in [0.3, 0.4) is 0 Å². The lowest BCUT2D eigenvalue weighted by molar-refractivity contribution is 0.298. The van der Waals surface area contributed by atoms with Gasteiger partial charge in [0.05, 0.1) is 27.8 Å². The van der Waals surface area contributed by atoms with E-state index in [1.165, 1.54) is 4.57 Å². The van der Waals surface area contributed by atoms with Gasteiger partial charge in [0.25, 0.3) is 0 Å². The highest BCUT2D eigenvalue weighted by molar-refractivity contribution is 6.43. The Morgan fingerprint density at radius 2 is 1.87 bits per heavy atom. The Hall–Kier alpha value is -2.99.